The number of thiazole rings is 1. The fraction of sp³-hybridized carbons (Fsp3) is 0.290. The van der Waals surface area contributed by atoms with Crippen molar-refractivity contribution in [2.75, 3.05) is 18.0 Å². The molecule has 218 valence electrons. The molecule has 0 spiro atoms. The topological polar surface area (TPSA) is 107 Å². The molecule has 0 aliphatic carbocycles. The second-order valence-corrected chi connectivity index (χ2v) is 16.4. The van der Waals surface area contributed by atoms with Crippen LogP contribution in [0.4, 0.5) is 15.6 Å². The summed E-state index contributed by atoms with van der Waals surface area (Å²) in [6.07, 6.45) is -0.498. The smallest absolute Gasteiger partial charge is 0.407 e. The number of carbonyl (C=O) groups excluding carboxylic acids is 1. The van der Waals surface area contributed by atoms with Crippen molar-refractivity contribution >= 4 is 46.9 Å². The van der Waals surface area contributed by atoms with E-state index in [9.17, 15) is 14.9 Å². The maximum Gasteiger partial charge on any atom is 0.407 e. The van der Waals surface area contributed by atoms with E-state index in [2.05, 4.69) is 91.7 Å². The fourth-order valence-electron chi connectivity index (χ4n) is 5.21. The molecule has 1 amide bonds. The van der Waals surface area contributed by atoms with Crippen molar-refractivity contribution in [3.8, 4) is 0 Å². The minimum atomic E-state index is -2.61. The monoisotopic (exact) mass is 602 g/mol. The normalized spacial score (nSPS) is 13.8. The molecule has 0 unspecified atom stereocenters. The largest absolute Gasteiger partial charge is 0.445 e. The summed E-state index contributed by atoms with van der Waals surface area (Å²) in [6, 6.07) is 27.2. The van der Waals surface area contributed by atoms with Crippen molar-refractivity contribution in [2.45, 2.75) is 45.1 Å². The summed E-state index contributed by atoms with van der Waals surface area (Å²) in [7, 11) is -2.61. The first-order valence-corrected chi connectivity index (χ1v) is 16.6. The van der Waals surface area contributed by atoms with Crippen LogP contribution in [0, 0.1) is 10.1 Å². The van der Waals surface area contributed by atoms with Crippen molar-refractivity contribution in [1.82, 2.24) is 10.3 Å². The van der Waals surface area contributed by atoms with Gasteiger partial charge in [0.1, 0.15) is 6.61 Å². The summed E-state index contributed by atoms with van der Waals surface area (Å²) in [5.41, 5.74) is 1.41. The Morgan fingerprint density at radius 1 is 1.02 bits per heavy atom. The predicted molar refractivity (Wildman–Crippen MR) is 167 cm³/mol. The molecule has 5 rings (SSSR count). The summed E-state index contributed by atoms with van der Waals surface area (Å²) >= 11 is 1.54. The minimum Gasteiger partial charge on any atom is -0.445 e. The highest BCUT2D eigenvalue weighted by atomic mass is 32.1. The lowest BCUT2D eigenvalue weighted by Crippen LogP contribution is -2.70. The lowest BCUT2D eigenvalue weighted by Gasteiger charge is -2.49. The average molecular weight is 603 g/mol. The van der Waals surface area contributed by atoms with Crippen LogP contribution in [-0.4, -0.2) is 43.5 Å². The molecule has 1 aliphatic heterocycles. The van der Waals surface area contributed by atoms with Crippen molar-refractivity contribution < 1.29 is 18.9 Å². The molecule has 1 aliphatic rings. The maximum atomic E-state index is 12.2. The van der Waals surface area contributed by atoms with E-state index in [-0.39, 0.29) is 30.0 Å². The second-order valence-electron chi connectivity index (χ2n) is 11.3. The number of hydrogen-bond acceptors (Lipinski definition) is 8. The Morgan fingerprint density at radius 3 is 2.17 bits per heavy atom. The van der Waals surface area contributed by atoms with Crippen LogP contribution in [0.3, 0.4) is 0 Å². The van der Waals surface area contributed by atoms with Crippen LogP contribution in [0.15, 0.2) is 90.3 Å². The molecule has 11 heteroatoms. The standard InChI is InChI=1S/C31H34N4O5SSi/c1-31(2,3)42(27-10-6-4-7-11-27,28-12-8-5-9-13-28)40-26-19-34(20-26)29-33-24(22-41-29)18-32-30(36)39-21-23-14-16-25(17-15-23)35(37)38/h4-17,22,26H,18-21H2,1-3H3,(H,32,36). The summed E-state index contributed by atoms with van der Waals surface area (Å²) in [4.78, 5) is 29.4. The second kappa shape index (κ2) is 12.4. The van der Waals surface area contributed by atoms with E-state index in [1.165, 1.54) is 22.5 Å². The Labute approximate surface area is 250 Å². The van der Waals surface area contributed by atoms with Crippen molar-refractivity contribution in [3.63, 3.8) is 0 Å². The van der Waals surface area contributed by atoms with Crippen molar-refractivity contribution in [2.24, 2.45) is 0 Å². The number of nitrogens with zero attached hydrogens (tertiary/aromatic N) is 3. The van der Waals surface area contributed by atoms with E-state index in [1.807, 2.05) is 5.38 Å². The Kier molecular flexibility index (Phi) is 8.71. The van der Waals surface area contributed by atoms with Gasteiger partial charge < -0.3 is 19.4 Å². The number of amides is 1. The van der Waals surface area contributed by atoms with Crippen LogP contribution in [0.2, 0.25) is 5.04 Å². The molecule has 0 radical (unpaired) electrons. The number of alkyl carbamates (subject to hydrolysis) is 1. The number of anilines is 1. The molecule has 1 fully saturated rings. The van der Waals surface area contributed by atoms with Gasteiger partial charge in [-0.1, -0.05) is 81.4 Å². The molecule has 9 nitrogen and oxygen atoms in total. The lowest BCUT2D eigenvalue weighted by molar-refractivity contribution is -0.384. The van der Waals surface area contributed by atoms with Gasteiger partial charge in [-0.15, -0.1) is 11.3 Å². The number of nitro groups is 1. The van der Waals surface area contributed by atoms with Gasteiger partial charge in [0, 0.05) is 30.6 Å². The number of rotatable bonds is 10. The summed E-state index contributed by atoms with van der Waals surface area (Å²) in [6.45, 7) is 8.62. The third-order valence-corrected chi connectivity index (χ3v) is 13.4. The molecule has 0 saturated carbocycles. The van der Waals surface area contributed by atoms with Gasteiger partial charge in [0.05, 0.1) is 23.3 Å². The zero-order valence-corrected chi connectivity index (χ0v) is 25.7. The number of benzene rings is 3. The Balaban J connectivity index is 1.17. The van der Waals surface area contributed by atoms with Gasteiger partial charge in [0.25, 0.3) is 14.0 Å². The maximum absolute atomic E-state index is 12.2. The molecule has 1 N–H and O–H groups in total. The third kappa shape index (κ3) is 6.38. The van der Waals surface area contributed by atoms with Gasteiger partial charge in [0.15, 0.2) is 5.13 Å². The van der Waals surface area contributed by atoms with Crippen LogP contribution < -0.4 is 20.6 Å². The first-order valence-electron chi connectivity index (χ1n) is 13.8. The first kappa shape index (κ1) is 29.4. The van der Waals surface area contributed by atoms with E-state index in [0.717, 1.165) is 23.9 Å². The highest BCUT2D eigenvalue weighted by molar-refractivity contribution is 7.13. The highest BCUT2D eigenvalue weighted by Gasteiger charge is 2.52. The molecule has 42 heavy (non-hydrogen) atoms. The van der Waals surface area contributed by atoms with Gasteiger partial charge in [-0.2, -0.15) is 0 Å². The Bertz CT molecular complexity index is 1460. The highest BCUT2D eigenvalue weighted by Crippen LogP contribution is 2.39. The number of hydrogen-bond donors (Lipinski definition) is 1. The van der Waals surface area contributed by atoms with Crippen LogP contribution >= 0.6 is 11.3 Å². The van der Waals surface area contributed by atoms with Gasteiger partial charge >= 0.3 is 6.09 Å². The zero-order chi connectivity index (χ0) is 29.7. The Hall–Kier alpha value is -4.06. The van der Waals surface area contributed by atoms with E-state index in [1.54, 1.807) is 23.5 Å². The Morgan fingerprint density at radius 2 is 1.62 bits per heavy atom. The van der Waals surface area contributed by atoms with Gasteiger partial charge in [0.2, 0.25) is 0 Å². The number of nitrogens with one attached hydrogen (secondary N) is 1. The van der Waals surface area contributed by atoms with Gasteiger partial charge in [-0.3, -0.25) is 10.1 Å². The number of aromatic nitrogens is 1. The molecular weight excluding hydrogens is 569 g/mol. The first-order chi connectivity index (χ1) is 20.2. The number of carbonyl (C=O) groups is 1. The summed E-state index contributed by atoms with van der Waals surface area (Å²) < 4.78 is 12.4. The third-order valence-electron chi connectivity index (χ3n) is 7.35. The summed E-state index contributed by atoms with van der Waals surface area (Å²) in [5, 5.41) is 18.8. The SMILES string of the molecule is CC(C)(C)[Si](OC1CN(c2nc(CNC(=O)OCc3ccc([N+](=O)[O-])cc3)cs2)C1)(c1ccccc1)c1ccccc1. The van der Waals surface area contributed by atoms with E-state index >= 15 is 0 Å². The van der Waals surface area contributed by atoms with Crippen molar-refractivity contribution in [1.29, 1.82) is 0 Å². The van der Waals surface area contributed by atoms with Crippen LogP contribution in [0.1, 0.15) is 32.0 Å². The van der Waals surface area contributed by atoms with Crippen LogP contribution in [0.5, 0.6) is 0 Å². The van der Waals surface area contributed by atoms with Crippen molar-refractivity contribution in [3.05, 3.63) is 112 Å². The quantitative estimate of drug-likeness (QED) is 0.150. The molecule has 0 atom stereocenters. The number of non-ortho nitro benzene ring substituents is 1. The van der Waals surface area contributed by atoms with Crippen LogP contribution in [0.25, 0.3) is 0 Å². The molecule has 2 heterocycles. The number of nitro benzene ring substituents is 1. The lowest BCUT2D eigenvalue weighted by atomic mass is 10.2. The molecule has 3 aromatic carbocycles. The zero-order valence-electron chi connectivity index (χ0n) is 23.9. The minimum absolute atomic E-state index is 0.00869. The molecule has 4 aromatic rings. The molecular formula is C31H34N4O5SSi. The van der Waals surface area contributed by atoms with E-state index in [0.29, 0.717) is 5.56 Å². The van der Waals surface area contributed by atoms with Gasteiger partial charge in [-0.25, -0.2) is 9.78 Å². The fourth-order valence-corrected chi connectivity index (χ4v) is 10.7. The van der Waals surface area contributed by atoms with Gasteiger partial charge in [-0.05, 0) is 33.1 Å². The van der Waals surface area contributed by atoms with E-state index < -0.39 is 19.3 Å². The average Bonchev–Trinajstić information content (AvgIpc) is 3.43. The summed E-state index contributed by atoms with van der Waals surface area (Å²) in [5.74, 6) is 0. The van der Waals surface area contributed by atoms with E-state index in [4.69, 9.17) is 14.1 Å². The molecule has 1 aromatic heterocycles. The predicted octanol–water partition coefficient (Wildman–Crippen LogP) is 5.24. The molecule has 1 saturated heterocycles. The number of ether oxygens (including phenoxy) is 1. The molecule has 0 bridgehead atoms. The van der Waals surface area contributed by atoms with Crippen LogP contribution in [-0.2, 0) is 22.3 Å².